The molecule has 132 valence electrons. The number of nitrogens with zero attached hydrogens (tertiary/aromatic N) is 2. The number of ether oxygens (including phenoxy) is 1. The average molecular weight is 376 g/mol. The standard InChI is InChI=1S/C15H22N4O4S.Na/c1-4-8-17-14(20)15(2,3)9-23-11-7-5-6-10-12(11)13(16)19-24(21,22)18-10;/h5-7H,4,8-9H2,1-3H3,(H4,16,17,18,19,20);/q;+1/p-1. The molecular formula is C15H21N4NaO4S. The Bertz CT molecular complexity index is 778. The van der Waals surface area contributed by atoms with Gasteiger partial charge in [-0.3, -0.25) is 4.72 Å². The topological polar surface area (TPSA) is 125 Å². The van der Waals surface area contributed by atoms with E-state index in [0.29, 0.717) is 23.5 Å². The SMILES string of the molecule is CCC[N-]C(=O)C(C)(C)COc1cccc2c1C(N)=NS(=O)(=O)N2.[Na+]. The number of nitrogens with one attached hydrogen (secondary N) is 1. The molecule has 25 heavy (non-hydrogen) atoms. The van der Waals surface area contributed by atoms with Crippen molar-refractivity contribution in [2.45, 2.75) is 27.2 Å². The van der Waals surface area contributed by atoms with Crippen molar-refractivity contribution in [1.29, 1.82) is 0 Å². The van der Waals surface area contributed by atoms with E-state index in [-0.39, 0.29) is 47.9 Å². The van der Waals surface area contributed by atoms with Crippen molar-refractivity contribution in [3.63, 3.8) is 0 Å². The van der Waals surface area contributed by atoms with Gasteiger partial charge in [0.2, 0.25) is 0 Å². The van der Waals surface area contributed by atoms with Gasteiger partial charge in [0.25, 0.3) is 0 Å². The summed E-state index contributed by atoms with van der Waals surface area (Å²) < 4.78 is 34.6. The predicted octanol–water partition coefficient (Wildman–Crippen LogP) is -1.22. The Morgan fingerprint density at radius 3 is 2.72 bits per heavy atom. The summed E-state index contributed by atoms with van der Waals surface area (Å²) in [6.45, 7) is 5.98. The van der Waals surface area contributed by atoms with Crippen molar-refractivity contribution in [3.05, 3.63) is 29.1 Å². The average Bonchev–Trinajstić information content (AvgIpc) is 2.48. The third kappa shape index (κ3) is 5.34. The van der Waals surface area contributed by atoms with E-state index in [1.165, 1.54) is 0 Å². The molecule has 0 radical (unpaired) electrons. The van der Waals surface area contributed by atoms with E-state index >= 15 is 0 Å². The monoisotopic (exact) mass is 376 g/mol. The van der Waals surface area contributed by atoms with Gasteiger partial charge in [0.1, 0.15) is 5.75 Å². The first-order chi connectivity index (χ1) is 11.2. The minimum Gasteiger partial charge on any atom is -0.653 e. The number of amides is 1. The van der Waals surface area contributed by atoms with Crippen molar-refractivity contribution >= 4 is 27.6 Å². The molecule has 1 aliphatic rings. The summed E-state index contributed by atoms with van der Waals surface area (Å²) in [5, 5.41) is 3.99. The van der Waals surface area contributed by atoms with Gasteiger partial charge in [-0.15, -0.1) is 10.9 Å². The van der Waals surface area contributed by atoms with Crippen molar-refractivity contribution in [3.8, 4) is 5.75 Å². The molecule has 1 aromatic rings. The minimum atomic E-state index is -3.84. The molecule has 0 saturated heterocycles. The van der Waals surface area contributed by atoms with Crippen LogP contribution in [-0.2, 0) is 15.0 Å². The van der Waals surface area contributed by atoms with Crippen LogP contribution in [0.15, 0.2) is 22.6 Å². The predicted molar refractivity (Wildman–Crippen MR) is 92.5 cm³/mol. The largest absolute Gasteiger partial charge is 1.00 e. The number of hydrogen-bond acceptors (Lipinski definition) is 5. The molecule has 0 bridgehead atoms. The number of fused-ring (bicyclic) bond motifs is 1. The maximum absolute atomic E-state index is 12.1. The van der Waals surface area contributed by atoms with E-state index in [0.717, 1.165) is 6.42 Å². The molecular weight excluding hydrogens is 355 g/mol. The smallest absolute Gasteiger partial charge is 0.653 e. The Morgan fingerprint density at radius 2 is 2.08 bits per heavy atom. The second kappa shape index (κ2) is 8.39. The number of benzene rings is 1. The van der Waals surface area contributed by atoms with Crippen LogP contribution >= 0.6 is 0 Å². The van der Waals surface area contributed by atoms with Gasteiger partial charge in [-0.1, -0.05) is 33.3 Å². The normalized spacial score (nSPS) is 15.1. The van der Waals surface area contributed by atoms with Crippen LogP contribution in [-0.4, -0.2) is 33.3 Å². The first-order valence-electron chi connectivity index (χ1n) is 7.52. The minimum absolute atomic E-state index is 0. The van der Waals surface area contributed by atoms with Crippen LogP contribution in [0.1, 0.15) is 32.8 Å². The van der Waals surface area contributed by atoms with Crippen LogP contribution in [0.4, 0.5) is 5.69 Å². The van der Waals surface area contributed by atoms with E-state index in [4.69, 9.17) is 10.5 Å². The first-order valence-corrected chi connectivity index (χ1v) is 8.96. The summed E-state index contributed by atoms with van der Waals surface area (Å²) in [5.74, 6) is -0.0387. The van der Waals surface area contributed by atoms with E-state index in [2.05, 4.69) is 14.4 Å². The van der Waals surface area contributed by atoms with Gasteiger partial charge in [0, 0.05) is 5.41 Å². The van der Waals surface area contributed by atoms with E-state index in [9.17, 15) is 13.2 Å². The molecule has 10 heteroatoms. The Balaban J connectivity index is 0.00000312. The Morgan fingerprint density at radius 1 is 1.40 bits per heavy atom. The molecule has 0 saturated carbocycles. The van der Waals surface area contributed by atoms with Gasteiger partial charge in [0.15, 0.2) is 5.84 Å². The number of nitrogens with two attached hydrogens (primary N) is 1. The molecule has 0 aliphatic carbocycles. The third-order valence-corrected chi connectivity index (χ3v) is 4.30. The summed E-state index contributed by atoms with van der Waals surface area (Å²) in [5.41, 5.74) is 5.60. The molecule has 2 rings (SSSR count). The fraction of sp³-hybridized carbons (Fsp3) is 0.467. The quantitative estimate of drug-likeness (QED) is 0.602. The molecule has 1 heterocycles. The van der Waals surface area contributed by atoms with Gasteiger partial charge in [-0.2, -0.15) is 8.42 Å². The Labute approximate surface area is 170 Å². The molecule has 3 N–H and O–H groups in total. The number of hydrogen-bond donors (Lipinski definition) is 2. The van der Waals surface area contributed by atoms with E-state index < -0.39 is 15.6 Å². The van der Waals surface area contributed by atoms with E-state index in [1.54, 1.807) is 32.0 Å². The van der Waals surface area contributed by atoms with Crippen LogP contribution in [0.25, 0.3) is 5.32 Å². The molecule has 0 unspecified atom stereocenters. The maximum Gasteiger partial charge on any atom is 1.00 e. The third-order valence-electron chi connectivity index (χ3n) is 3.39. The van der Waals surface area contributed by atoms with Crippen molar-refractivity contribution in [1.82, 2.24) is 0 Å². The molecule has 1 amide bonds. The van der Waals surface area contributed by atoms with Crippen LogP contribution in [0.5, 0.6) is 5.75 Å². The number of carbonyl (C=O) groups is 1. The van der Waals surface area contributed by atoms with Crippen molar-refractivity contribution in [2.75, 3.05) is 17.9 Å². The zero-order valence-corrected chi connectivity index (χ0v) is 17.7. The number of anilines is 1. The summed E-state index contributed by atoms with van der Waals surface area (Å²) in [7, 11) is -3.84. The van der Waals surface area contributed by atoms with Crippen LogP contribution in [0.2, 0.25) is 0 Å². The summed E-state index contributed by atoms with van der Waals surface area (Å²) in [6.07, 6.45) is 0.794. The maximum atomic E-state index is 12.1. The summed E-state index contributed by atoms with van der Waals surface area (Å²) in [6, 6.07) is 4.84. The van der Waals surface area contributed by atoms with Crippen molar-refractivity contribution < 1.29 is 47.5 Å². The zero-order chi connectivity index (χ0) is 18.0. The molecule has 1 aromatic carbocycles. The second-order valence-corrected chi connectivity index (χ2v) is 7.43. The van der Waals surface area contributed by atoms with Gasteiger partial charge >= 0.3 is 39.8 Å². The Kier molecular flexibility index (Phi) is 7.30. The zero-order valence-electron chi connectivity index (χ0n) is 14.9. The summed E-state index contributed by atoms with van der Waals surface area (Å²) >= 11 is 0. The van der Waals surface area contributed by atoms with Crippen LogP contribution in [0, 0.1) is 5.41 Å². The number of rotatable bonds is 6. The van der Waals surface area contributed by atoms with Gasteiger partial charge in [-0.05, 0) is 12.1 Å². The van der Waals surface area contributed by atoms with Gasteiger partial charge in [-0.25, -0.2) is 0 Å². The fourth-order valence-corrected chi connectivity index (χ4v) is 2.93. The molecule has 1 aliphatic heterocycles. The molecule has 0 spiro atoms. The van der Waals surface area contributed by atoms with Gasteiger partial charge in [0.05, 0.1) is 23.8 Å². The van der Waals surface area contributed by atoms with Crippen LogP contribution < -0.4 is 44.7 Å². The second-order valence-electron chi connectivity index (χ2n) is 6.09. The fourth-order valence-electron chi connectivity index (χ4n) is 2.08. The van der Waals surface area contributed by atoms with Gasteiger partial charge < -0.3 is 20.6 Å². The molecule has 8 nitrogen and oxygen atoms in total. The number of amidine groups is 1. The molecule has 0 fully saturated rings. The first kappa shape index (κ1) is 21.8. The number of carbonyl (C=O) groups excluding carboxylic acids is 1. The summed E-state index contributed by atoms with van der Waals surface area (Å²) in [4.78, 5) is 12.1. The molecule has 0 aromatic heterocycles. The Hall–Kier alpha value is -1.29. The van der Waals surface area contributed by atoms with Crippen molar-refractivity contribution in [2.24, 2.45) is 15.5 Å². The van der Waals surface area contributed by atoms with E-state index in [1.807, 2.05) is 6.92 Å². The molecule has 0 atom stereocenters. The van der Waals surface area contributed by atoms with Crippen LogP contribution in [0.3, 0.4) is 0 Å².